The van der Waals surface area contributed by atoms with E-state index >= 15 is 0 Å². The number of nitrogens with zero attached hydrogens (tertiary/aromatic N) is 3. The van der Waals surface area contributed by atoms with Crippen LogP contribution in [0.25, 0.3) is 10.4 Å². The van der Waals surface area contributed by atoms with Crippen molar-refractivity contribution in [2.24, 2.45) is 5.11 Å². The highest BCUT2D eigenvalue weighted by Gasteiger charge is 2.20. The molecule has 2 N–H and O–H groups in total. The molecule has 0 radical (unpaired) electrons. The third-order valence-electron chi connectivity index (χ3n) is 2.37. The molecule has 1 unspecified atom stereocenters. The highest BCUT2D eigenvalue weighted by molar-refractivity contribution is 5.77. The first-order valence-electron chi connectivity index (χ1n) is 5.88. The highest BCUT2D eigenvalue weighted by atomic mass is 16.5. The van der Waals surface area contributed by atoms with Crippen LogP contribution in [-0.4, -0.2) is 30.8 Å². The van der Waals surface area contributed by atoms with Gasteiger partial charge in [-0.05, 0) is 30.2 Å². The Morgan fingerprint density at radius 2 is 2.21 bits per heavy atom. The van der Waals surface area contributed by atoms with Gasteiger partial charge in [-0.1, -0.05) is 17.2 Å². The standard InChI is InChI=1S/C12H16N4O3/c1-2-19-12(18)11(14-7-8-15-16-13)9-3-5-10(17)6-4-9/h3-6,11,14,17H,2,7-8H2,1H3. The zero-order valence-corrected chi connectivity index (χ0v) is 10.6. The highest BCUT2D eigenvalue weighted by Crippen LogP contribution is 2.18. The van der Waals surface area contributed by atoms with E-state index < -0.39 is 12.0 Å². The number of carbonyl (C=O) groups is 1. The molecule has 0 fully saturated rings. The summed E-state index contributed by atoms with van der Waals surface area (Å²) in [7, 11) is 0. The maximum Gasteiger partial charge on any atom is 0.327 e. The summed E-state index contributed by atoms with van der Waals surface area (Å²) >= 11 is 0. The second-order valence-corrected chi connectivity index (χ2v) is 3.69. The molecule has 1 rings (SSSR count). The molecule has 0 saturated carbocycles. The molecule has 0 bridgehead atoms. The maximum atomic E-state index is 11.8. The van der Waals surface area contributed by atoms with Crippen molar-refractivity contribution < 1.29 is 14.6 Å². The average Bonchev–Trinajstić information content (AvgIpc) is 2.40. The van der Waals surface area contributed by atoms with Crippen LogP contribution in [0.4, 0.5) is 0 Å². The number of hydrogen-bond acceptors (Lipinski definition) is 5. The lowest BCUT2D eigenvalue weighted by atomic mass is 10.1. The number of phenols is 1. The smallest absolute Gasteiger partial charge is 0.327 e. The zero-order valence-electron chi connectivity index (χ0n) is 10.6. The van der Waals surface area contributed by atoms with Gasteiger partial charge in [0.2, 0.25) is 0 Å². The minimum atomic E-state index is -0.644. The molecule has 0 spiro atoms. The number of nitrogens with one attached hydrogen (secondary N) is 1. The molecule has 19 heavy (non-hydrogen) atoms. The summed E-state index contributed by atoms with van der Waals surface area (Å²) in [5, 5.41) is 15.6. The van der Waals surface area contributed by atoms with Crippen molar-refractivity contribution >= 4 is 5.97 Å². The minimum Gasteiger partial charge on any atom is -0.508 e. The number of esters is 1. The summed E-state index contributed by atoms with van der Waals surface area (Å²) in [5.74, 6) is -0.283. The first kappa shape index (κ1) is 14.8. The molecule has 1 atom stereocenters. The van der Waals surface area contributed by atoms with E-state index in [0.29, 0.717) is 12.1 Å². The van der Waals surface area contributed by atoms with Crippen molar-refractivity contribution in [3.8, 4) is 5.75 Å². The van der Waals surface area contributed by atoms with Gasteiger partial charge in [-0.25, -0.2) is 4.79 Å². The van der Waals surface area contributed by atoms with Gasteiger partial charge in [0.15, 0.2) is 0 Å². The monoisotopic (exact) mass is 264 g/mol. The Labute approximate surface area is 110 Å². The Bertz CT molecular complexity index is 455. The van der Waals surface area contributed by atoms with Gasteiger partial charge in [0.25, 0.3) is 0 Å². The Kier molecular flexibility index (Phi) is 6.21. The molecule has 0 amide bonds. The van der Waals surface area contributed by atoms with E-state index in [0.717, 1.165) is 0 Å². The first-order chi connectivity index (χ1) is 9.19. The maximum absolute atomic E-state index is 11.8. The van der Waals surface area contributed by atoms with Crippen molar-refractivity contribution in [1.82, 2.24) is 5.32 Å². The normalized spacial score (nSPS) is 11.4. The van der Waals surface area contributed by atoms with Gasteiger partial charge in [0, 0.05) is 18.0 Å². The Hall–Kier alpha value is -2.24. The van der Waals surface area contributed by atoms with Crippen LogP contribution in [0.2, 0.25) is 0 Å². The van der Waals surface area contributed by atoms with Crippen molar-refractivity contribution in [2.75, 3.05) is 19.7 Å². The lowest BCUT2D eigenvalue weighted by Gasteiger charge is -2.17. The van der Waals surface area contributed by atoms with Crippen LogP contribution in [0.1, 0.15) is 18.5 Å². The summed E-state index contributed by atoms with van der Waals surface area (Å²) in [6.07, 6.45) is 0. The molecule has 1 aromatic carbocycles. The van der Waals surface area contributed by atoms with Crippen LogP contribution in [-0.2, 0) is 9.53 Å². The number of hydrogen-bond donors (Lipinski definition) is 2. The second-order valence-electron chi connectivity index (χ2n) is 3.69. The number of azide groups is 1. The van der Waals surface area contributed by atoms with Gasteiger partial charge >= 0.3 is 5.97 Å². The summed E-state index contributed by atoms with van der Waals surface area (Å²) in [6, 6.07) is 5.62. The van der Waals surface area contributed by atoms with E-state index in [1.807, 2.05) is 0 Å². The topological polar surface area (TPSA) is 107 Å². The van der Waals surface area contributed by atoms with Gasteiger partial charge in [0.1, 0.15) is 11.8 Å². The van der Waals surface area contributed by atoms with Gasteiger partial charge in [-0.3, -0.25) is 0 Å². The molecular formula is C12H16N4O3. The van der Waals surface area contributed by atoms with E-state index in [2.05, 4.69) is 15.3 Å². The molecule has 102 valence electrons. The van der Waals surface area contributed by atoms with Crippen LogP contribution >= 0.6 is 0 Å². The molecule has 0 aliphatic carbocycles. The van der Waals surface area contributed by atoms with Crippen LogP contribution in [0.5, 0.6) is 5.75 Å². The molecule has 0 aliphatic heterocycles. The Balaban J connectivity index is 2.76. The van der Waals surface area contributed by atoms with E-state index in [9.17, 15) is 9.90 Å². The fraction of sp³-hybridized carbons (Fsp3) is 0.417. The average molecular weight is 264 g/mol. The van der Waals surface area contributed by atoms with Crippen molar-refractivity contribution in [3.05, 3.63) is 40.3 Å². The number of benzene rings is 1. The molecule has 7 heteroatoms. The van der Waals surface area contributed by atoms with Gasteiger partial charge in [-0.2, -0.15) is 0 Å². The Morgan fingerprint density at radius 1 is 1.53 bits per heavy atom. The Morgan fingerprint density at radius 3 is 2.79 bits per heavy atom. The van der Waals surface area contributed by atoms with E-state index in [-0.39, 0.29) is 18.9 Å². The van der Waals surface area contributed by atoms with Gasteiger partial charge in [0.05, 0.1) is 6.61 Å². The van der Waals surface area contributed by atoms with E-state index in [4.69, 9.17) is 10.3 Å². The molecule has 0 heterocycles. The first-order valence-corrected chi connectivity index (χ1v) is 5.88. The molecule has 1 aromatic rings. The predicted molar refractivity (Wildman–Crippen MR) is 69.5 cm³/mol. The van der Waals surface area contributed by atoms with Gasteiger partial charge < -0.3 is 15.2 Å². The third-order valence-corrected chi connectivity index (χ3v) is 2.37. The zero-order chi connectivity index (χ0) is 14.1. The lowest BCUT2D eigenvalue weighted by molar-refractivity contribution is -0.145. The molecule has 7 nitrogen and oxygen atoms in total. The number of ether oxygens (including phenoxy) is 1. The van der Waals surface area contributed by atoms with Crippen LogP contribution in [0.15, 0.2) is 29.4 Å². The third kappa shape index (κ3) is 4.87. The fourth-order valence-electron chi connectivity index (χ4n) is 1.53. The predicted octanol–water partition coefficient (Wildman–Crippen LogP) is 1.90. The summed E-state index contributed by atoms with van der Waals surface area (Å²) in [4.78, 5) is 14.5. The van der Waals surface area contributed by atoms with Crippen molar-refractivity contribution in [3.63, 3.8) is 0 Å². The number of phenolic OH excluding ortho intramolecular Hbond substituents is 1. The minimum absolute atomic E-state index is 0.125. The molecular weight excluding hydrogens is 248 g/mol. The molecule has 0 aromatic heterocycles. The van der Waals surface area contributed by atoms with Crippen LogP contribution in [0.3, 0.4) is 0 Å². The fourth-order valence-corrected chi connectivity index (χ4v) is 1.53. The lowest BCUT2D eigenvalue weighted by Crippen LogP contribution is -2.31. The van der Waals surface area contributed by atoms with Gasteiger partial charge in [-0.15, -0.1) is 0 Å². The molecule has 0 saturated heterocycles. The summed E-state index contributed by atoms with van der Waals surface area (Å²) in [6.45, 7) is 2.61. The van der Waals surface area contributed by atoms with Crippen molar-refractivity contribution in [2.45, 2.75) is 13.0 Å². The van der Waals surface area contributed by atoms with E-state index in [1.165, 1.54) is 12.1 Å². The van der Waals surface area contributed by atoms with Crippen LogP contribution < -0.4 is 5.32 Å². The number of rotatable bonds is 7. The quantitative estimate of drug-likeness (QED) is 0.258. The SMILES string of the molecule is CCOC(=O)C(NCCN=[N+]=[N-])c1ccc(O)cc1. The van der Waals surface area contributed by atoms with E-state index in [1.54, 1.807) is 19.1 Å². The second kappa shape index (κ2) is 7.97. The number of aromatic hydroxyl groups is 1. The summed E-state index contributed by atoms with van der Waals surface area (Å²) < 4.78 is 4.98. The van der Waals surface area contributed by atoms with Crippen LogP contribution in [0, 0.1) is 0 Å². The molecule has 0 aliphatic rings. The summed E-state index contributed by atoms with van der Waals surface area (Å²) in [5.41, 5.74) is 8.86. The van der Waals surface area contributed by atoms with Crippen molar-refractivity contribution in [1.29, 1.82) is 0 Å². The largest absolute Gasteiger partial charge is 0.508 e. The number of carbonyl (C=O) groups excluding carboxylic acids is 1.